The number of benzene rings is 1. The molecule has 0 aliphatic heterocycles. The second-order valence-electron chi connectivity index (χ2n) is 5.32. The molecule has 0 fully saturated rings. The third kappa shape index (κ3) is 3.75. The lowest BCUT2D eigenvalue weighted by atomic mass is 10.2. The summed E-state index contributed by atoms with van der Waals surface area (Å²) in [7, 11) is 0. The standard InChI is InChI=1S/C17H17N5O2/c1-11-5-4-8-14(19-11)21-15(23)9-10-18-17-20-13-7-3-2-6-12(13)16(24)22-17/h2-8H,9-10H2,1H3,(H,19,21,23)(H2,18,20,22,24). The first-order chi connectivity index (χ1) is 11.6. The number of rotatable bonds is 5. The highest BCUT2D eigenvalue weighted by Crippen LogP contribution is 2.08. The molecule has 7 heteroatoms. The predicted molar refractivity (Wildman–Crippen MR) is 93.1 cm³/mol. The average Bonchev–Trinajstić information content (AvgIpc) is 2.55. The van der Waals surface area contributed by atoms with E-state index in [0.717, 1.165) is 5.69 Å². The van der Waals surface area contributed by atoms with Crippen LogP contribution in [0.2, 0.25) is 0 Å². The van der Waals surface area contributed by atoms with Crippen LogP contribution in [0.1, 0.15) is 12.1 Å². The molecule has 0 atom stereocenters. The predicted octanol–water partition coefficient (Wildman–Crippen LogP) is 2.07. The van der Waals surface area contributed by atoms with Crippen molar-refractivity contribution in [2.24, 2.45) is 0 Å². The highest BCUT2D eigenvalue weighted by Gasteiger charge is 2.05. The summed E-state index contributed by atoms with van der Waals surface area (Å²) in [6.45, 7) is 2.21. The second kappa shape index (κ2) is 6.91. The van der Waals surface area contributed by atoms with Crippen LogP contribution in [0.25, 0.3) is 10.9 Å². The van der Waals surface area contributed by atoms with E-state index in [1.54, 1.807) is 24.3 Å². The monoisotopic (exact) mass is 323 g/mol. The van der Waals surface area contributed by atoms with Crippen molar-refractivity contribution in [1.29, 1.82) is 0 Å². The SMILES string of the molecule is Cc1cccc(NC(=O)CCNc2nc3ccccc3c(=O)[nH]2)n1. The number of carbonyl (C=O) groups is 1. The molecule has 0 aliphatic carbocycles. The number of aryl methyl sites for hydroxylation is 1. The van der Waals surface area contributed by atoms with Gasteiger partial charge in [0.15, 0.2) is 0 Å². The lowest BCUT2D eigenvalue weighted by Crippen LogP contribution is -2.19. The molecule has 0 bridgehead atoms. The molecule has 0 saturated carbocycles. The average molecular weight is 323 g/mol. The Labute approximate surface area is 138 Å². The zero-order valence-electron chi connectivity index (χ0n) is 13.2. The van der Waals surface area contributed by atoms with Crippen molar-refractivity contribution in [3.05, 3.63) is 58.5 Å². The lowest BCUT2D eigenvalue weighted by Gasteiger charge is -2.07. The zero-order chi connectivity index (χ0) is 16.9. The summed E-state index contributed by atoms with van der Waals surface area (Å²) < 4.78 is 0. The molecule has 1 amide bonds. The number of nitrogens with one attached hydrogen (secondary N) is 3. The van der Waals surface area contributed by atoms with Gasteiger partial charge < -0.3 is 10.6 Å². The minimum atomic E-state index is -0.212. The van der Waals surface area contributed by atoms with Crippen LogP contribution in [0, 0.1) is 6.92 Å². The Bertz CT molecular complexity index is 935. The fraction of sp³-hybridized carbons (Fsp3) is 0.176. The molecule has 2 heterocycles. The molecule has 7 nitrogen and oxygen atoms in total. The van der Waals surface area contributed by atoms with Crippen molar-refractivity contribution in [2.75, 3.05) is 17.2 Å². The van der Waals surface area contributed by atoms with E-state index in [2.05, 4.69) is 25.6 Å². The van der Waals surface area contributed by atoms with E-state index >= 15 is 0 Å². The van der Waals surface area contributed by atoms with E-state index in [-0.39, 0.29) is 17.9 Å². The first kappa shape index (κ1) is 15.7. The summed E-state index contributed by atoms with van der Waals surface area (Å²) in [5.74, 6) is 0.709. The number of aromatic nitrogens is 3. The smallest absolute Gasteiger partial charge is 0.260 e. The maximum atomic E-state index is 11.9. The minimum absolute atomic E-state index is 0.163. The number of fused-ring (bicyclic) bond motifs is 1. The second-order valence-corrected chi connectivity index (χ2v) is 5.32. The van der Waals surface area contributed by atoms with Crippen molar-refractivity contribution in [1.82, 2.24) is 15.0 Å². The highest BCUT2D eigenvalue weighted by molar-refractivity contribution is 5.90. The maximum Gasteiger partial charge on any atom is 0.260 e. The summed E-state index contributed by atoms with van der Waals surface area (Å²) in [6.07, 6.45) is 0.228. The normalized spacial score (nSPS) is 10.5. The van der Waals surface area contributed by atoms with Crippen LogP contribution < -0.4 is 16.2 Å². The summed E-state index contributed by atoms with van der Waals surface area (Å²) in [4.78, 5) is 35.0. The molecule has 24 heavy (non-hydrogen) atoms. The molecule has 3 aromatic rings. The number of anilines is 2. The number of pyridine rings is 1. The molecule has 1 aromatic carbocycles. The Morgan fingerprint density at radius 2 is 1.96 bits per heavy atom. The van der Waals surface area contributed by atoms with Gasteiger partial charge in [-0.2, -0.15) is 0 Å². The van der Waals surface area contributed by atoms with E-state index in [9.17, 15) is 9.59 Å². The number of aromatic amines is 1. The molecule has 0 spiro atoms. The quantitative estimate of drug-likeness (QED) is 0.667. The van der Waals surface area contributed by atoms with E-state index in [4.69, 9.17) is 0 Å². The van der Waals surface area contributed by atoms with E-state index < -0.39 is 0 Å². The molecular weight excluding hydrogens is 306 g/mol. The van der Waals surface area contributed by atoms with Crippen molar-refractivity contribution >= 4 is 28.6 Å². The van der Waals surface area contributed by atoms with Crippen LogP contribution in [0.5, 0.6) is 0 Å². The Morgan fingerprint density at radius 3 is 2.79 bits per heavy atom. The summed E-state index contributed by atoms with van der Waals surface area (Å²) in [5.41, 5.74) is 1.23. The number of carbonyl (C=O) groups excluding carboxylic acids is 1. The van der Waals surface area contributed by atoms with Crippen molar-refractivity contribution in [3.63, 3.8) is 0 Å². The Kier molecular flexibility index (Phi) is 4.51. The van der Waals surface area contributed by atoms with Gasteiger partial charge in [-0.25, -0.2) is 9.97 Å². The van der Waals surface area contributed by atoms with Crippen LogP contribution in [0.3, 0.4) is 0 Å². The van der Waals surface area contributed by atoms with Crippen LogP contribution in [-0.2, 0) is 4.79 Å². The summed E-state index contributed by atoms with van der Waals surface area (Å²) >= 11 is 0. The third-order valence-corrected chi connectivity index (χ3v) is 3.41. The van der Waals surface area contributed by atoms with Gasteiger partial charge in [0.2, 0.25) is 11.9 Å². The molecular formula is C17H17N5O2. The topological polar surface area (TPSA) is 99.8 Å². The van der Waals surface area contributed by atoms with Crippen LogP contribution in [0.4, 0.5) is 11.8 Å². The number of hydrogen-bond acceptors (Lipinski definition) is 5. The number of para-hydroxylation sites is 1. The molecule has 0 radical (unpaired) electrons. The Morgan fingerprint density at radius 1 is 1.12 bits per heavy atom. The van der Waals surface area contributed by atoms with Crippen LogP contribution in [-0.4, -0.2) is 27.4 Å². The van der Waals surface area contributed by atoms with Gasteiger partial charge in [-0.1, -0.05) is 18.2 Å². The van der Waals surface area contributed by atoms with Gasteiger partial charge in [-0.3, -0.25) is 14.6 Å². The maximum absolute atomic E-state index is 11.9. The largest absolute Gasteiger partial charge is 0.355 e. The van der Waals surface area contributed by atoms with Gasteiger partial charge >= 0.3 is 0 Å². The molecule has 3 rings (SSSR count). The van der Waals surface area contributed by atoms with Crippen molar-refractivity contribution in [2.45, 2.75) is 13.3 Å². The zero-order valence-corrected chi connectivity index (χ0v) is 13.2. The Balaban J connectivity index is 1.58. The number of H-pyrrole nitrogens is 1. The van der Waals surface area contributed by atoms with Gasteiger partial charge in [-0.05, 0) is 31.2 Å². The molecule has 3 N–H and O–H groups in total. The van der Waals surface area contributed by atoms with Gasteiger partial charge in [0.1, 0.15) is 5.82 Å². The minimum Gasteiger partial charge on any atom is -0.355 e. The molecule has 122 valence electrons. The van der Waals surface area contributed by atoms with Crippen LogP contribution in [0.15, 0.2) is 47.3 Å². The Hall–Kier alpha value is -3.22. The lowest BCUT2D eigenvalue weighted by molar-refractivity contribution is -0.116. The highest BCUT2D eigenvalue weighted by atomic mass is 16.1. The fourth-order valence-corrected chi connectivity index (χ4v) is 2.28. The van der Waals surface area contributed by atoms with Crippen molar-refractivity contribution in [3.8, 4) is 0 Å². The molecule has 0 aliphatic rings. The van der Waals surface area contributed by atoms with Gasteiger partial charge in [0.25, 0.3) is 5.56 Å². The first-order valence-corrected chi connectivity index (χ1v) is 7.58. The van der Waals surface area contributed by atoms with Crippen LogP contribution >= 0.6 is 0 Å². The fourth-order valence-electron chi connectivity index (χ4n) is 2.28. The number of nitrogens with zero attached hydrogens (tertiary/aromatic N) is 2. The van der Waals surface area contributed by atoms with E-state index in [0.29, 0.717) is 29.2 Å². The summed E-state index contributed by atoms with van der Waals surface area (Å²) in [6, 6.07) is 12.5. The van der Waals surface area contributed by atoms with Gasteiger partial charge in [-0.15, -0.1) is 0 Å². The summed E-state index contributed by atoms with van der Waals surface area (Å²) in [5, 5.41) is 6.22. The van der Waals surface area contributed by atoms with E-state index in [1.807, 2.05) is 25.1 Å². The third-order valence-electron chi connectivity index (χ3n) is 3.41. The van der Waals surface area contributed by atoms with Crippen molar-refractivity contribution < 1.29 is 4.79 Å². The molecule has 0 saturated heterocycles. The molecule has 2 aromatic heterocycles. The van der Waals surface area contributed by atoms with E-state index in [1.165, 1.54) is 0 Å². The number of amides is 1. The number of hydrogen-bond donors (Lipinski definition) is 3. The van der Waals surface area contributed by atoms with Gasteiger partial charge in [0.05, 0.1) is 10.9 Å². The van der Waals surface area contributed by atoms with Gasteiger partial charge in [0, 0.05) is 18.7 Å². The first-order valence-electron chi connectivity index (χ1n) is 7.58. The molecule has 0 unspecified atom stereocenters.